The Hall–Kier alpha value is -0.860. The van der Waals surface area contributed by atoms with Crippen LogP contribution >= 0.6 is 0 Å². The van der Waals surface area contributed by atoms with Crippen molar-refractivity contribution in [3.8, 4) is 0 Å². The molecule has 0 unspecified atom stereocenters. The molecule has 0 spiro atoms. The molecule has 1 aromatic rings. The largest absolute Gasteiger partial charge is 0.387 e. The first kappa shape index (κ1) is 10.2. The summed E-state index contributed by atoms with van der Waals surface area (Å²) in [5.41, 5.74) is 8.86. The minimum Gasteiger partial charge on any atom is -0.387 e. The molecule has 0 aliphatic heterocycles. The van der Waals surface area contributed by atoms with Crippen LogP contribution in [0, 0.1) is 13.8 Å². The molecule has 13 heavy (non-hydrogen) atoms. The summed E-state index contributed by atoms with van der Waals surface area (Å²) in [4.78, 5) is 0. The number of aryl methyl sites for hydroxylation is 2. The minimum atomic E-state index is -0.555. The molecule has 0 saturated carbocycles. The molecular formula is C11H17NO. The summed E-state index contributed by atoms with van der Waals surface area (Å²) in [5.74, 6) is 0. The van der Waals surface area contributed by atoms with E-state index in [9.17, 15) is 5.11 Å². The van der Waals surface area contributed by atoms with Gasteiger partial charge in [0.25, 0.3) is 0 Å². The summed E-state index contributed by atoms with van der Waals surface area (Å²) in [5, 5.41) is 9.74. The second-order valence-electron chi connectivity index (χ2n) is 3.66. The van der Waals surface area contributed by atoms with Gasteiger partial charge in [-0.2, -0.15) is 0 Å². The third-order valence-corrected chi connectivity index (χ3v) is 2.24. The lowest BCUT2D eigenvalue weighted by atomic mass is 9.98. The van der Waals surface area contributed by atoms with Crippen LogP contribution in [-0.4, -0.2) is 11.1 Å². The zero-order valence-corrected chi connectivity index (χ0v) is 8.41. The topological polar surface area (TPSA) is 46.2 Å². The molecule has 0 fully saturated rings. The van der Waals surface area contributed by atoms with Crippen LogP contribution in [-0.2, 0) is 0 Å². The number of hydrogen-bond donors (Lipinski definition) is 2. The second-order valence-corrected chi connectivity index (χ2v) is 3.66. The van der Waals surface area contributed by atoms with Gasteiger partial charge in [0.1, 0.15) is 0 Å². The quantitative estimate of drug-likeness (QED) is 0.725. The van der Waals surface area contributed by atoms with Crippen LogP contribution in [0.2, 0.25) is 0 Å². The van der Waals surface area contributed by atoms with E-state index >= 15 is 0 Å². The fraction of sp³-hybridized carbons (Fsp3) is 0.455. The van der Waals surface area contributed by atoms with Crippen LogP contribution in [0.5, 0.6) is 0 Å². The number of nitrogens with two attached hydrogens (primary N) is 1. The molecule has 0 aliphatic rings. The van der Waals surface area contributed by atoms with Crippen molar-refractivity contribution in [1.82, 2.24) is 0 Å². The summed E-state index contributed by atoms with van der Waals surface area (Å²) in [6.07, 6.45) is -0.555. The van der Waals surface area contributed by atoms with Crippen LogP contribution in [0.1, 0.15) is 29.7 Å². The van der Waals surface area contributed by atoms with Gasteiger partial charge in [-0.1, -0.05) is 23.8 Å². The van der Waals surface area contributed by atoms with Gasteiger partial charge in [0.05, 0.1) is 6.10 Å². The van der Waals surface area contributed by atoms with Crippen molar-refractivity contribution >= 4 is 0 Å². The molecule has 0 heterocycles. The van der Waals surface area contributed by atoms with Gasteiger partial charge in [0, 0.05) is 6.04 Å². The summed E-state index contributed by atoms with van der Waals surface area (Å²) >= 11 is 0. The van der Waals surface area contributed by atoms with E-state index in [0.29, 0.717) is 0 Å². The van der Waals surface area contributed by atoms with E-state index < -0.39 is 6.10 Å². The molecule has 0 aromatic heterocycles. The average Bonchev–Trinajstić information content (AvgIpc) is 2.03. The highest BCUT2D eigenvalue weighted by Crippen LogP contribution is 2.20. The predicted molar refractivity (Wildman–Crippen MR) is 54.5 cm³/mol. The Morgan fingerprint density at radius 2 is 1.92 bits per heavy atom. The second kappa shape index (κ2) is 3.90. The van der Waals surface area contributed by atoms with E-state index in [4.69, 9.17) is 5.73 Å². The normalized spacial score (nSPS) is 15.5. The Morgan fingerprint density at radius 1 is 1.31 bits per heavy atom. The summed E-state index contributed by atoms with van der Waals surface area (Å²) in [6, 6.07) is 5.77. The molecule has 2 nitrogen and oxygen atoms in total. The molecule has 2 atom stereocenters. The first-order chi connectivity index (χ1) is 6.02. The van der Waals surface area contributed by atoms with Crippen molar-refractivity contribution < 1.29 is 5.11 Å². The maximum absolute atomic E-state index is 9.74. The molecule has 2 heteroatoms. The fourth-order valence-corrected chi connectivity index (χ4v) is 1.44. The van der Waals surface area contributed by atoms with E-state index in [0.717, 1.165) is 11.1 Å². The molecule has 1 rings (SSSR count). The Kier molecular flexibility index (Phi) is 3.07. The highest BCUT2D eigenvalue weighted by Gasteiger charge is 2.13. The molecule has 0 saturated heterocycles. The number of aliphatic hydroxyl groups is 1. The lowest BCUT2D eigenvalue weighted by Crippen LogP contribution is -2.24. The summed E-state index contributed by atoms with van der Waals surface area (Å²) < 4.78 is 0. The molecule has 3 N–H and O–H groups in total. The van der Waals surface area contributed by atoms with Crippen LogP contribution < -0.4 is 5.73 Å². The third-order valence-electron chi connectivity index (χ3n) is 2.24. The first-order valence-electron chi connectivity index (χ1n) is 4.53. The number of benzene rings is 1. The van der Waals surface area contributed by atoms with Gasteiger partial charge in [-0.25, -0.2) is 0 Å². The molecule has 0 amide bonds. The Balaban J connectivity index is 3.01. The van der Waals surface area contributed by atoms with Gasteiger partial charge in [-0.3, -0.25) is 0 Å². The van der Waals surface area contributed by atoms with Crippen molar-refractivity contribution in [2.45, 2.75) is 32.9 Å². The van der Waals surface area contributed by atoms with Gasteiger partial charge in [0.2, 0.25) is 0 Å². The molecule has 1 aromatic carbocycles. The van der Waals surface area contributed by atoms with Crippen molar-refractivity contribution in [3.63, 3.8) is 0 Å². The monoisotopic (exact) mass is 179 g/mol. The maximum Gasteiger partial charge on any atom is 0.0940 e. The predicted octanol–water partition coefficient (Wildman–Crippen LogP) is 1.68. The van der Waals surface area contributed by atoms with Crippen molar-refractivity contribution in [3.05, 3.63) is 34.9 Å². The van der Waals surface area contributed by atoms with Crippen molar-refractivity contribution in [1.29, 1.82) is 0 Å². The summed E-state index contributed by atoms with van der Waals surface area (Å²) in [7, 11) is 0. The number of aliphatic hydroxyl groups excluding tert-OH is 1. The Labute approximate surface area is 79.4 Å². The molecule has 0 bridgehead atoms. The fourth-order valence-electron chi connectivity index (χ4n) is 1.44. The van der Waals surface area contributed by atoms with Crippen LogP contribution in [0.15, 0.2) is 18.2 Å². The zero-order valence-electron chi connectivity index (χ0n) is 8.41. The third kappa shape index (κ3) is 2.29. The van der Waals surface area contributed by atoms with Gasteiger partial charge < -0.3 is 10.8 Å². The number of hydrogen-bond acceptors (Lipinski definition) is 2. The smallest absolute Gasteiger partial charge is 0.0940 e. The van der Waals surface area contributed by atoms with Crippen LogP contribution in [0.4, 0.5) is 0 Å². The Bertz CT molecular complexity index is 294. The highest BCUT2D eigenvalue weighted by atomic mass is 16.3. The van der Waals surface area contributed by atoms with Gasteiger partial charge in [0.15, 0.2) is 0 Å². The average molecular weight is 179 g/mol. The van der Waals surface area contributed by atoms with Crippen molar-refractivity contribution in [2.75, 3.05) is 0 Å². The SMILES string of the molecule is Cc1ccc([C@H](O)[C@@H](C)N)c(C)c1. The molecular weight excluding hydrogens is 162 g/mol. The van der Waals surface area contributed by atoms with Gasteiger partial charge >= 0.3 is 0 Å². The van der Waals surface area contributed by atoms with Crippen LogP contribution in [0.25, 0.3) is 0 Å². The highest BCUT2D eigenvalue weighted by molar-refractivity contribution is 5.32. The van der Waals surface area contributed by atoms with E-state index in [-0.39, 0.29) is 6.04 Å². The van der Waals surface area contributed by atoms with E-state index in [2.05, 4.69) is 6.07 Å². The number of rotatable bonds is 2. The maximum atomic E-state index is 9.74. The lowest BCUT2D eigenvalue weighted by Gasteiger charge is -2.17. The minimum absolute atomic E-state index is 0.221. The first-order valence-corrected chi connectivity index (χ1v) is 4.53. The Morgan fingerprint density at radius 3 is 2.38 bits per heavy atom. The standard InChI is InChI=1S/C11H17NO/c1-7-4-5-10(8(2)6-7)11(13)9(3)12/h4-6,9,11,13H,12H2,1-3H3/t9-,11-/m1/s1. The molecule has 72 valence electrons. The summed E-state index contributed by atoms with van der Waals surface area (Å²) in [6.45, 7) is 5.84. The van der Waals surface area contributed by atoms with Gasteiger partial charge in [-0.15, -0.1) is 0 Å². The lowest BCUT2D eigenvalue weighted by molar-refractivity contribution is 0.152. The van der Waals surface area contributed by atoms with E-state index in [1.54, 1.807) is 0 Å². The van der Waals surface area contributed by atoms with Gasteiger partial charge in [-0.05, 0) is 31.9 Å². The zero-order chi connectivity index (χ0) is 10.0. The molecule has 0 aliphatic carbocycles. The van der Waals surface area contributed by atoms with Crippen LogP contribution in [0.3, 0.4) is 0 Å². The molecule has 0 radical (unpaired) electrons. The van der Waals surface area contributed by atoms with Crippen molar-refractivity contribution in [2.24, 2.45) is 5.73 Å². The van der Waals surface area contributed by atoms with E-state index in [1.165, 1.54) is 5.56 Å². The van der Waals surface area contributed by atoms with E-state index in [1.807, 2.05) is 32.9 Å².